The Morgan fingerprint density at radius 3 is 2.90 bits per heavy atom. The summed E-state index contributed by atoms with van der Waals surface area (Å²) in [6.07, 6.45) is -0.264. The first kappa shape index (κ1) is 14.3. The largest absolute Gasteiger partial charge is 0.459 e. The van der Waals surface area contributed by atoms with Crippen LogP contribution >= 0.6 is 0 Å². The predicted octanol–water partition coefficient (Wildman–Crippen LogP) is 1.66. The molecular formula is C14H19N3O3. The van der Waals surface area contributed by atoms with E-state index < -0.39 is 0 Å². The number of carbonyl (C=O) groups excluding carboxylic acids is 1. The molecule has 0 bridgehead atoms. The first-order valence-corrected chi connectivity index (χ1v) is 6.47. The topological polar surface area (TPSA) is 65.4 Å². The van der Waals surface area contributed by atoms with E-state index in [0.29, 0.717) is 12.6 Å². The normalized spacial score (nSPS) is 12.3. The molecule has 1 N–H and O–H groups in total. The van der Waals surface area contributed by atoms with E-state index in [1.165, 1.54) is 0 Å². The van der Waals surface area contributed by atoms with E-state index in [1.54, 1.807) is 25.6 Å². The third-order valence-corrected chi connectivity index (χ3v) is 2.90. The zero-order valence-corrected chi connectivity index (χ0v) is 11.9. The molecule has 0 spiro atoms. The van der Waals surface area contributed by atoms with Gasteiger partial charge in [0, 0.05) is 14.2 Å². The molecule has 20 heavy (non-hydrogen) atoms. The highest BCUT2D eigenvalue weighted by Gasteiger charge is 2.15. The van der Waals surface area contributed by atoms with E-state index in [-0.39, 0.29) is 18.6 Å². The van der Waals surface area contributed by atoms with Crippen LogP contribution in [0.2, 0.25) is 0 Å². The van der Waals surface area contributed by atoms with Crippen LogP contribution in [0.3, 0.4) is 0 Å². The number of esters is 1. The minimum Gasteiger partial charge on any atom is -0.459 e. The van der Waals surface area contributed by atoms with Crippen molar-refractivity contribution in [3.8, 4) is 0 Å². The van der Waals surface area contributed by atoms with Crippen molar-refractivity contribution >= 4 is 23.0 Å². The summed E-state index contributed by atoms with van der Waals surface area (Å²) >= 11 is 0. The third-order valence-electron chi connectivity index (χ3n) is 2.90. The van der Waals surface area contributed by atoms with Gasteiger partial charge >= 0.3 is 5.97 Å². The molecule has 2 aromatic rings. The molecule has 0 saturated carbocycles. The molecule has 1 aromatic carbocycles. The first-order chi connectivity index (χ1) is 9.65. The zero-order chi connectivity index (χ0) is 14.5. The second-order valence-electron chi connectivity index (χ2n) is 4.52. The average molecular weight is 277 g/mol. The summed E-state index contributed by atoms with van der Waals surface area (Å²) in [4.78, 5) is 16.4. The number of carbonyl (C=O) groups is 1. The van der Waals surface area contributed by atoms with Crippen molar-refractivity contribution < 1.29 is 14.3 Å². The van der Waals surface area contributed by atoms with Crippen molar-refractivity contribution in [2.24, 2.45) is 0 Å². The van der Waals surface area contributed by atoms with Crippen LogP contribution in [0.25, 0.3) is 11.0 Å². The van der Waals surface area contributed by atoms with Crippen molar-refractivity contribution in [2.45, 2.75) is 19.6 Å². The molecule has 6 nitrogen and oxygen atoms in total. The van der Waals surface area contributed by atoms with Crippen LogP contribution in [0.4, 0.5) is 5.95 Å². The minimum atomic E-state index is -0.311. The van der Waals surface area contributed by atoms with Crippen LogP contribution in [0, 0.1) is 0 Å². The van der Waals surface area contributed by atoms with Crippen LogP contribution in [-0.2, 0) is 20.8 Å². The molecule has 6 heteroatoms. The molecule has 0 radical (unpaired) electrons. The number of aromatic nitrogens is 2. The SMILES string of the molecule is CNc1nc2ccccc2n1CC(=O)OC(C)COC. The van der Waals surface area contributed by atoms with Crippen LogP contribution in [0.1, 0.15) is 6.92 Å². The molecule has 1 aromatic heterocycles. The van der Waals surface area contributed by atoms with Gasteiger partial charge in [-0.3, -0.25) is 9.36 Å². The van der Waals surface area contributed by atoms with Crippen molar-refractivity contribution in [1.82, 2.24) is 9.55 Å². The maximum Gasteiger partial charge on any atom is 0.326 e. The monoisotopic (exact) mass is 277 g/mol. The fraction of sp³-hybridized carbons (Fsp3) is 0.429. The van der Waals surface area contributed by atoms with Gasteiger partial charge in [0.05, 0.1) is 17.6 Å². The number of rotatable bonds is 6. The molecule has 1 heterocycles. The minimum absolute atomic E-state index is 0.116. The van der Waals surface area contributed by atoms with Gasteiger partial charge in [0.1, 0.15) is 12.6 Å². The molecule has 108 valence electrons. The Labute approximate surface area is 117 Å². The van der Waals surface area contributed by atoms with Gasteiger partial charge in [-0.1, -0.05) is 12.1 Å². The lowest BCUT2D eigenvalue weighted by Crippen LogP contribution is -2.23. The highest BCUT2D eigenvalue weighted by Crippen LogP contribution is 2.19. The van der Waals surface area contributed by atoms with Gasteiger partial charge in [-0.05, 0) is 19.1 Å². The number of hydrogen-bond acceptors (Lipinski definition) is 5. The maximum absolute atomic E-state index is 12.0. The Kier molecular flexibility index (Phi) is 4.57. The average Bonchev–Trinajstić information content (AvgIpc) is 2.77. The third kappa shape index (κ3) is 3.08. The van der Waals surface area contributed by atoms with Crippen LogP contribution in [0.15, 0.2) is 24.3 Å². The molecule has 0 saturated heterocycles. The predicted molar refractivity (Wildman–Crippen MR) is 76.7 cm³/mol. The summed E-state index contributed by atoms with van der Waals surface area (Å²) in [7, 11) is 3.35. The van der Waals surface area contributed by atoms with Gasteiger partial charge in [-0.25, -0.2) is 4.98 Å². The molecule has 0 aliphatic carbocycles. The Morgan fingerprint density at radius 2 is 2.20 bits per heavy atom. The molecule has 0 aliphatic rings. The number of imidazole rings is 1. The van der Waals surface area contributed by atoms with E-state index in [4.69, 9.17) is 9.47 Å². The Hall–Kier alpha value is -2.08. The van der Waals surface area contributed by atoms with Gasteiger partial charge in [-0.2, -0.15) is 0 Å². The number of anilines is 1. The van der Waals surface area contributed by atoms with Crippen LogP contribution in [-0.4, -0.2) is 42.4 Å². The van der Waals surface area contributed by atoms with Gasteiger partial charge < -0.3 is 14.8 Å². The Morgan fingerprint density at radius 1 is 1.45 bits per heavy atom. The summed E-state index contributed by atoms with van der Waals surface area (Å²) < 4.78 is 12.0. The number of benzene rings is 1. The van der Waals surface area contributed by atoms with Crippen LogP contribution in [0.5, 0.6) is 0 Å². The highest BCUT2D eigenvalue weighted by atomic mass is 16.6. The molecule has 0 fully saturated rings. The van der Waals surface area contributed by atoms with Gasteiger partial charge in [0.2, 0.25) is 5.95 Å². The molecule has 1 unspecified atom stereocenters. The van der Waals surface area contributed by atoms with E-state index in [9.17, 15) is 4.79 Å². The Balaban J connectivity index is 2.18. The number of hydrogen-bond donors (Lipinski definition) is 1. The summed E-state index contributed by atoms with van der Waals surface area (Å²) in [5.74, 6) is 0.330. The quantitative estimate of drug-likeness (QED) is 0.813. The summed E-state index contributed by atoms with van der Waals surface area (Å²) in [5.41, 5.74) is 1.74. The number of para-hydroxylation sites is 2. The standard InChI is InChI=1S/C14H19N3O3/c1-10(9-19-3)20-13(18)8-17-12-7-5-4-6-11(12)16-14(17)15-2/h4-7,10H,8-9H2,1-3H3,(H,15,16). The molecule has 0 aliphatic heterocycles. The van der Waals surface area contributed by atoms with Crippen LogP contribution < -0.4 is 5.32 Å². The lowest BCUT2D eigenvalue weighted by atomic mass is 10.3. The van der Waals surface area contributed by atoms with E-state index in [2.05, 4.69) is 10.3 Å². The summed E-state index contributed by atoms with van der Waals surface area (Å²) in [5, 5.41) is 2.99. The van der Waals surface area contributed by atoms with E-state index >= 15 is 0 Å². The highest BCUT2D eigenvalue weighted by molar-refractivity contribution is 5.81. The van der Waals surface area contributed by atoms with Crippen molar-refractivity contribution in [1.29, 1.82) is 0 Å². The van der Waals surface area contributed by atoms with Crippen molar-refractivity contribution in [2.75, 3.05) is 26.1 Å². The van der Waals surface area contributed by atoms with Gasteiger partial charge in [0.25, 0.3) is 0 Å². The molecular weight excluding hydrogens is 258 g/mol. The lowest BCUT2D eigenvalue weighted by molar-refractivity contribution is -0.151. The number of ether oxygens (including phenoxy) is 2. The molecule has 1 atom stereocenters. The molecule has 0 amide bonds. The first-order valence-electron chi connectivity index (χ1n) is 6.47. The zero-order valence-electron chi connectivity index (χ0n) is 11.9. The number of nitrogens with zero attached hydrogens (tertiary/aromatic N) is 2. The van der Waals surface area contributed by atoms with E-state index in [1.807, 2.05) is 24.3 Å². The summed E-state index contributed by atoms with van der Waals surface area (Å²) in [6, 6.07) is 7.66. The fourth-order valence-electron chi connectivity index (χ4n) is 2.09. The van der Waals surface area contributed by atoms with Gasteiger partial charge in [0.15, 0.2) is 0 Å². The molecule has 2 rings (SSSR count). The Bertz CT molecular complexity index is 594. The van der Waals surface area contributed by atoms with Gasteiger partial charge in [-0.15, -0.1) is 0 Å². The van der Waals surface area contributed by atoms with Crippen molar-refractivity contribution in [3.63, 3.8) is 0 Å². The summed E-state index contributed by atoms with van der Waals surface area (Å²) in [6.45, 7) is 2.30. The second kappa shape index (κ2) is 6.38. The smallest absolute Gasteiger partial charge is 0.326 e. The number of fused-ring (bicyclic) bond motifs is 1. The number of nitrogens with one attached hydrogen (secondary N) is 1. The maximum atomic E-state index is 12.0. The fourth-order valence-corrected chi connectivity index (χ4v) is 2.09. The second-order valence-corrected chi connectivity index (χ2v) is 4.52. The van der Waals surface area contributed by atoms with E-state index in [0.717, 1.165) is 11.0 Å². The van der Waals surface area contributed by atoms with Crippen molar-refractivity contribution in [3.05, 3.63) is 24.3 Å². The number of methoxy groups -OCH3 is 1. The lowest BCUT2D eigenvalue weighted by Gasteiger charge is -2.13.